The molecule has 50 valence electrons. The molecule has 0 radical (unpaired) electrons. The van der Waals surface area contributed by atoms with Gasteiger partial charge in [0.05, 0.1) is 0 Å². The number of carbonyl (C=O) groups excluding carboxylic acids is 1. The van der Waals surface area contributed by atoms with Crippen LogP contribution in [0, 0.1) is 0 Å². The van der Waals surface area contributed by atoms with Gasteiger partial charge < -0.3 is 5.11 Å². The van der Waals surface area contributed by atoms with Gasteiger partial charge in [-0.25, -0.2) is 0 Å². The topological polar surface area (TPSA) is 54.4 Å². The second kappa shape index (κ2) is 4.97. The second-order valence-electron chi connectivity index (χ2n) is 1.27. The van der Waals surface area contributed by atoms with E-state index in [1.54, 1.807) is 0 Å². The minimum atomic E-state index is -1.06. The van der Waals surface area contributed by atoms with Crippen molar-refractivity contribution in [1.82, 2.24) is 0 Å². The van der Waals surface area contributed by atoms with Crippen LogP contribution in [0.4, 0.5) is 0 Å². The summed E-state index contributed by atoms with van der Waals surface area (Å²) >= 11 is 0. The van der Waals surface area contributed by atoms with Gasteiger partial charge in [0.2, 0.25) is 0 Å². The normalized spacial score (nSPS) is 7.12. The maximum absolute atomic E-state index is 9.87. The maximum atomic E-state index is 9.87. The van der Waals surface area contributed by atoms with Crippen molar-refractivity contribution < 1.29 is 35.8 Å². The fraction of sp³-hybridized carbons (Fsp3) is 0.500. The Bertz CT molecular complexity index is 87.5. The van der Waals surface area contributed by atoms with E-state index in [-0.39, 0.29) is 33.3 Å². The molecule has 4 heteroatoms. The first-order valence-corrected chi connectivity index (χ1v) is 1.84. The summed E-state index contributed by atoms with van der Waals surface area (Å²) in [6.45, 7) is 1.24. The SMILES string of the molecule is CC(=O)CC(=O)O.[Pt]. The second-order valence-corrected chi connectivity index (χ2v) is 1.27. The molecule has 0 saturated heterocycles. The quantitative estimate of drug-likeness (QED) is 0.733. The summed E-state index contributed by atoms with van der Waals surface area (Å²) in [5.41, 5.74) is 0. The van der Waals surface area contributed by atoms with Gasteiger partial charge in [-0.3, -0.25) is 9.59 Å². The van der Waals surface area contributed by atoms with Gasteiger partial charge in [0.25, 0.3) is 0 Å². The molecule has 0 aliphatic rings. The molecule has 0 aliphatic carbocycles. The van der Waals surface area contributed by atoms with E-state index in [2.05, 4.69) is 0 Å². The molecule has 8 heavy (non-hydrogen) atoms. The van der Waals surface area contributed by atoms with E-state index in [1.807, 2.05) is 0 Å². The fourth-order valence-corrected chi connectivity index (χ4v) is 0.213. The van der Waals surface area contributed by atoms with Crippen molar-refractivity contribution in [1.29, 1.82) is 0 Å². The van der Waals surface area contributed by atoms with E-state index in [0.29, 0.717) is 0 Å². The number of Topliss-reactive ketones (excluding diaryl/α,β-unsaturated/α-hetero) is 1. The van der Waals surface area contributed by atoms with Crippen LogP contribution in [0.5, 0.6) is 0 Å². The summed E-state index contributed by atoms with van der Waals surface area (Å²) in [4.78, 5) is 19.5. The molecule has 0 rings (SSSR count). The zero-order valence-electron chi connectivity index (χ0n) is 4.29. The molecule has 1 N–H and O–H groups in total. The van der Waals surface area contributed by atoms with Gasteiger partial charge in [-0.2, -0.15) is 0 Å². The van der Waals surface area contributed by atoms with E-state index in [9.17, 15) is 9.59 Å². The number of hydrogen-bond acceptors (Lipinski definition) is 2. The average Bonchev–Trinajstić information content (AvgIpc) is 1.27. The number of carboxylic acid groups (broad SMARTS) is 1. The summed E-state index contributed by atoms with van der Waals surface area (Å²) in [5.74, 6) is -1.37. The number of carbonyl (C=O) groups is 2. The van der Waals surface area contributed by atoms with Crippen molar-refractivity contribution in [2.24, 2.45) is 0 Å². The third-order valence-corrected chi connectivity index (χ3v) is 0.400. The van der Waals surface area contributed by atoms with Gasteiger partial charge in [0, 0.05) is 21.1 Å². The van der Waals surface area contributed by atoms with Crippen LogP contribution < -0.4 is 0 Å². The molecule has 0 aromatic carbocycles. The monoisotopic (exact) mass is 297 g/mol. The molecule has 0 bridgehead atoms. The molecule has 0 amide bonds. The Morgan fingerprint density at radius 3 is 1.88 bits per heavy atom. The van der Waals surface area contributed by atoms with Crippen LogP contribution in [0.1, 0.15) is 13.3 Å². The predicted molar refractivity (Wildman–Crippen MR) is 22.9 cm³/mol. The van der Waals surface area contributed by atoms with Crippen molar-refractivity contribution in [3.05, 3.63) is 0 Å². The molecule has 0 saturated carbocycles. The summed E-state index contributed by atoms with van der Waals surface area (Å²) < 4.78 is 0. The molecular formula is C4H6O3Pt. The third-order valence-electron chi connectivity index (χ3n) is 0.400. The van der Waals surface area contributed by atoms with E-state index >= 15 is 0 Å². The standard InChI is InChI=1S/C4H6O3.Pt/c1-3(5)2-4(6)7;/h2H2,1H3,(H,6,7);. The Hall–Kier alpha value is -0.172. The summed E-state index contributed by atoms with van der Waals surface area (Å²) in [5, 5.41) is 7.86. The summed E-state index contributed by atoms with van der Waals surface area (Å²) in [6, 6.07) is 0. The number of aliphatic carboxylic acids is 1. The number of hydrogen-bond donors (Lipinski definition) is 1. The zero-order valence-corrected chi connectivity index (χ0v) is 6.56. The first-order chi connectivity index (χ1) is 3.13. The van der Waals surface area contributed by atoms with Crippen LogP contribution in [-0.4, -0.2) is 16.9 Å². The summed E-state index contributed by atoms with van der Waals surface area (Å²) in [6.07, 6.45) is -0.361. The van der Waals surface area contributed by atoms with Gasteiger partial charge in [-0.15, -0.1) is 0 Å². The van der Waals surface area contributed by atoms with Crippen molar-refractivity contribution in [2.75, 3.05) is 0 Å². The molecular weight excluding hydrogens is 291 g/mol. The molecule has 0 fully saturated rings. The van der Waals surface area contributed by atoms with E-state index < -0.39 is 5.97 Å². The van der Waals surface area contributed by atoms with Gasteiger partial charge in [-0.05, 0) is 6.92 Å². The minimum absolute atomic E-state index is 0. The van der Waals surface area contributed by atoms with Crippen molar-refractivity contribution in [3.8, 4) is 0 Å². The number of ketones is 1. The smallest absolute Gasteiger partial charge is 0.310 e. The Kier molecular flexibility index (Phi) is 6.68. The van der Waals surface area contributed by atoms with E-state index in [1.165, 1.54) is 6.92 Å². The first-order valence-electron chi connectivity index (χ1n) is 1.84. The molecule has 0 aliphatic heterocycles. The van der Waals surface area contributed by atoms with Gasteiger partial charge in [0.15, 0.2) is 0 Å². The largest absolute Gasteiger partial charge is 0.481 e. The minimum Gasteiger partial charge on any atom is -0.481 e. The van der Waals surface area contributed by atoms with Crippen LogP contribution in [0.3, 0.4) is 0 Å². The van der Waals surface area contributed by atoms with E-state index in [4.69, 9.17) is 5.11 Å². The van der Waals surface area contributed by atoms with Crippen LogP contribution in [-0.2, 0) is 30.7 Å². The van der Waals surface area contributed by atoms with Crippen LogP contribution >= 0.6 is 0 Å². The molecule has 0 spiro atoms. The number of carboxylic acids is 1. The Balaban J connectivity index is 0. The van der Waals surface area contributed by atoms with E-state index in [0.717, 1.165) is 0 Å². The van der Waals surface area contributed by atoms with Gasteiger partial charge >= 0.3 is 5.97 Å². The molecule has 0 unspecified atom stereocenters. The number of rotatable bonds is 2. The van der Waals surface area contributed by atoms with Crippen LogP contribution in [0.15, 0.2) is 0 Å². The predicted octanol–water partition coefficient (Wildman–Crippen LogP) is 0.0476. The molecule has 0 heterocycles. The van der Waals surface area contributed by atoms with Gasteiger partial charge in [-0.1, -0.05) is 0 Å². The third kappa shape index (κ3) is 9.27. The molecule has 3 nitrogen and oxygen atoms in total. The maximum Gasteiger partial charge on any atom is 0.310 e. The average molecular weight is 297 g/mol. The van der Waals surface area contributed by atoms with Crippen molar-refractivity contribution in [3.63, 3.8) is 0 Å². The molecule has 0 aromatic rings. The zero-order chi connectivity index (χ0) is 5.86. The Morgan fingerprint density at radius 1 is 1.50 bits per heavy atom. The van der Waals surface area contributed by atoms with Crippen molar-refractivity contribution >= 4 is 11.8 Å². The van der Waals surface area contributed by atoms with Crippen LogP contribution in [0.25, 0.3) is 0 Å². The fourth-order valence-electron chi connectivity index (χ4n) is 0.213. The van der Waals surface area contributed by atoms with Gasteiger partial charge in [0.1, 0.15) is 12.2 Å². The molecule has 0 atom stereocenters. The Morgan fingerprint density at radius 2 is 1.88 bits per heavy atom. The first kappa shape index (κ1) is 10.7. The molecule has 0 aromatic heterocycles. The summed E-state index contributed by atoms with van der Waals surface area (Å²) in [7, 11) is 0. The Labute approximate surface area is 61.3 Å². The van der Waals surface area contributed by atoms with Crippen LogP contribution in [0.2, 0.25) is 0 Å². The van der Waals surface area contributed by atoms with Crippen molar-refractivity contribution in [2.45, 2.75) is 13.3 Å².